The van der Waals surface area contributed by atoms with Gasteiger partial charge in [0.1, 0.15) is 0 Å². The van der Waals surface area contributed by atoms with Gasteiger partial charge in [-0.3, -0.25) is 14.9 Å². The minimum atomic E-state index is -0.741. The molecule has 2 aromatic carbocycles. The number of nitro groups is 1. The van der Waals surface area contributed by atoms with Gasteiger partial charge in [0.2, 0.25) is 0 Å². The Morgan fingerprint density at radius 1 is 1.11 bits per heavy atom. The van der Waals surface area contributed by atoms with Crippen LogP contribution in [-0.4, -0.2) is 34.3 Å². The van der Waals surface area contributed by atoms with Gasteiger partial charge >= 0.3 is 5.97 Å². The third kappa shape index (κ3) is 6.05. The van der Waals surface area contributed by atoms with Crippen molar-refractivity contribution in [3.05, 3.63) is 81.9 Å². The van der Waals surface area contributed by atoms with Crippen molar-refractivity contribution in [3.8, 4) is 0 Å². The lowest BCUT2D eigenvalue weighted by Gasteiger charge is -2.26. The summed E-state index contributed by atoms with van der Waals surface area (Å²) in [6, 6.07) is 15.5. The van der Waals surface area contributed by atoms with E-state index in [0.29, 0.717) is 6.54 Å². The molecule has 2 rings (SSSR count). The zero-order valence-electron chi connectivity index (χ0n) is 15.8. The van der Waals surface area contributed by atoms with E-state index in [4.69, 9.17) is 4.74 Å². The first kappa shape index (κ1) is 20.8. The van der Waals surface area contributed by atoms with E-state index in [1.165, 1.54) is 18.2 Å². The van der Waals surface area contributed by atoms with Crippen LogP contribution in [-0.2, 0) is 20.9 Å². The van der Waals surface area contributed by atoms with Gasteiger partial charge in [-0.25, -0.2) is 4.79 Å². The van der Waals surface area contributed by atoms with E-state index < -0.39 is 17.5 Å². The molecule has 0 atom stereocenters. The van der Waals surface area contributed by atoms with Gasteiger partial charge in [0.05, 0.1) is 10.5 Å². The molecule has 28 heavy (non-hydrogen) atoms. The number of amides is 1. The first-order chi connectivity index (χ1) is 13.4. The van der Waals surface area contributed by atoms with E-state index in [1.807, 2.05) is 44.2 Å². The van der Waals surface area contributed by atoms with Crippen molar-refractivity contribution in [1.82, 2.24) is 4.90 Å². The van der Waals surface area contributed by atoms with E-state index in [-0.39, 0.29) is 23.2 Å². The smallest absolute Gasteiger partial charge is 0.331 e. The number of rotatable bonds is 8. The highest BCUT2D eigenvalue weighted by Crippen LogP contribution is 2.19. The Hall–Kier alpha value is -3.48. The molecule has 1 amide bonds. The molecular weight excluding hydrogens is 360 g/mol. The number of ether oxygens (including phenoxy) is 1. The van der Waals surface area contributed by atoms with Gasteiger partial charge in [0.25, 0.3) is 11.6 Å². The molecule has 0 aromatic heterocycles. The molecule has 0 saturated carbocycles. The van der Waals surface area contributed by atoms with E-state index in [2.05, 4.69) is 0 Å². The predicted molar refractivity (Wildman–Crippen MR) is 105 cm³/mol. The molecular formula is C21H22N2O5. The second-order valence-corrected chi connectivity index (χ2v) is 6.36. The van der Waals surface area contributed by atoms with Gasteiger partial charge in [0.15, 0.2) is 6.61 Å². The summed E-state index contributed by atoms with van der Waals surface area (Å²) >= 11 is 0. The SMILES string of the molecule is CC(C)N(Cc1ccccc1)C(=O)COC(=O)/C=C/c1ccccc1[N+](=O)[O-]. The van der Waals surface area contributed by atoms with E-state index in [1.54, 1.807) is 17.0 Å². The molecule has 2 aromatic rings. The van der Waals surface area contributed by atoms with Crippen molar-refractivity contribution in [1.29, 1.82) is 0 Å². The topological polar surface area (TPSA) is 89.8 Å². The Labute approximate surface area is 163 Å². The maximum absolute atomic E-state index is 12.4. The molecule has 0 radical (unpaired) electrons. The molecule has 7 heteroatoms. The highest BCUT2D eigenvalue weighted by Gasteiger charge is 2.18. The quantitative estimate of drug-likeness (QED) is 0.301. The normalized spacial score (nSPS) is 10.8. The summed E-state index contributed by atoms with van der Waals surface area (Å²) in [5.74, 6) is -1.05. The summed E-state index contributed by atoms with van der Waals surface area (Å²) in [4.78, 5) is 36.4. The average molecular weight is 382 g/mol. The largest absolute Gasteiger partial charge is 0.452 e. The number of hydrogen-bond acceptors (Lipinski definition) is 5. The van der Waals surface area contributed by atoms with Crippen molar-refractivity contribution in [2.24, 2.45) is 0 Å². The standard InChI is InChI=1S/C21H22N2O5/c1-16(2)22(14-17-8-4-3-5-9-17)20(24)15-28-21(25)13-12-18-10-6-7-11-19(18)23(26)27/h3-13,16H,14-15H2,1-2H3/b13-12+. The fourth-order valence-electron chi connectivity index (χ4n) is 2.56. The van der Waals surface area contributed by atoms with Crippen molar-refractivity contribution in [2.45, 2.75) is 26.4 Å². The molecule has 0 N–H and O–H groups in total. The molecule has 0 aliphatic carbocycles. The fraction of sp³-hybridized carbons (Fsp3) is 0.238. The van der Waals surface area contributed by atoms with Crippen LogP contribution in [0.25, 0.3) is 6.08 Å². The van der Waals surface area contributed by atoms with Gasteiger partial charge in [0, 0.05) is 24.7 Å². The minimum absolute atomic E-state index is 0.0612. The summed E-state index contributed by atoms with van der Waals surface area (Å²) in [5, 5.41) is 11.0. The monoisotopic (exact) mass is 382 g/mol. The zero-order chi connectivity index (χ0) is 20.5. The first-order valence-electron chi connectivity index (χ1n) is 8.80. The fourth-order valence-corrected chi connectivity index (χ4v) is 2.56. The second kappa shape index (κ2) is 10.0. The van der Waals surface area contributed by atoms with Crippen molar-refractivity contribution in [2.75, 3.05) is 6.61 Å². The number of esters is 1. The molecule has 0 bridgehead atoms. The number of hydrogen-bond donors (Lipinski definition) is 0. The van der Waals surface area contributed by atoms with Crippen LogP contribution >= 0.6 is 0 Å². The third-order valence-electron chi connectivity index (χ3n) is 4.01. The highest BCUT2D eigenvalue weighted by molar-refractivity contribution is 5.90. The van der Waals surface area contributed by atoms with Crippen molar-refractivity contribution in [3.63, 3.8) is 0 Å². The first-order valence-corrected chi connectivity index (χ1v) is 8.80. The van der Waals surface area contributed by atoms with Crippen LogP contribution in [0.5, 0.6) is 0 Å². The maximum Gasteiger partial charge on any atom is 0.331 e. The maximum atomic E-state index is 12.4. The molecule has 0 aliphatic rings. The third-order valence-corrected chi connectivity index (χ3v) is 4.01. The molecule has 0 saturated heterocycles. The lowest BCUT2D eigenvalue weighted by Crippen LogP contribution is -2.39. The van der Waals surface area contributed by atoms with Gasteiger partial charge in [-0.1, -0.05) is 42.5 Å². The minimum Gasteiger partial charge on any atom is -0.452 e. The van der Waals surface area contributed by atoms with Gasteiger partial charge in [-0.15, -0.1) is 0 Å². The molecule has 0 heterocycles. The van der Waals surface area contributed by atoms with Crippen LogP contribution in [0.3, 0.4) is 0 Å². The number of benzene rings is 2. The Morgan fingerprint density at radius 3 is 2.39 bits per heavy atom. The number of carbonyl (C=O) groups excluding carboxylic acids is 2. The van der Waals surface area contributed by atoms with E-state index in [9.17, 15) is 19.7 Å². The summed E-state index contributed by atoms with van der Waals surface area (Å²) in [7, 11) is 0. The number of carbonyl (C=O) groups is 2. The van der Waals surface area contributed by atoms with Crippen LogP contribution < -0.4 is 0 Å². The molecule has 0 unspecified atom stereocenters. The Morgan fingerprint density at radius 2 is 1.75 bits per heavy atom. The van der Waals surface area contributed by atoms with E-state index in [0.717, 1.165) is 11.6 Å². The number of para-hydroxylation sites is 1. The Balaban J connectivity index is 1.95. The van der Waals surface area contributed by atoms with Crippen LogP contribution in [0.4, 0.5) is 5.69 Å². The molecule has 0 fully saturated rings. The van der Waals surface area contributed by atoms with Gasteiger partial charge in [-0.2, -0.15) is 0 Å². The molecule has 0 aliphatic heterocycles. The number of nitro benzene ring substituents is 1. The summed E-state index contributed by atoms with van der Waals surface area (Å²) < 4.78 is 5.01. The van der Waals surface area contributed by atoms with Crippen molar-refractivity contribution >= 4 is 23.6 Å². The van der Waals surface area contributed by atoms with Crippen molar-refractivity contribution < 1.29 is 19.2 Å². The summed E-state index contributed by atoms with van der Waals surface area (Å²) in [6.45, 7) is 3.79. The predicted octanol–water partition coefficient (Wildman–Crippen LogP) is 3.59. The zero-order valence-corrected chi connectivity index (χ0v) is 15.8. The number of nitrogens with zero attached hydrogens (tertiary/aromatic N) is 2. The Bertz CT molecular complexity index is 862. The van der Waals surface area contributed by atoms with E-state index >= 15 is 0 Å². The second-order valence-electron chi connectivity index (χ2n) is 6.36. The Kier molecular flexibility index (Phi) is 7.45. The van der Waals surface area contributed by atoms with Crippen LogP contribution in [0.1, 0.15) is 25.0 Å². The van der Waals surface area contributed by atoms with Crippen LogP contribution in [0.15, 0.2) is 60.7 Å². The lowest BCUT2D eigenvalue weighted by molar-refractivity contribution is -0.385. The summed E-state index contributed by atoms with van der Waals surface area (Å²) in [5.41, 5.74) is 1.15. The van der Waals surface area contributed by atoms with Gasteiger partial charge in [-0.05, 0) is 31.6 Å². The summed E-state index contributed by atoms with van der Waals surface area (Å²) in [6.07, 6.45) is 2.38. The van der Waals surface area contributed by atoms with Gasteiger partial charge < -0.3 is 9.64 Å². The molecule has 7 nitrogen and oxygen atoms in total. The van der Waals surface area contributed by atoms with Crippen LogP contribution in [0, 0.1) is 10.1 Å². The molecule has 0 spiro atoms. The van der Waals surface area contributed by atoms with Crippen LogP contribution in [0.2, 0.25) is 0 Å². The molecule has 146 valence electrons. The lowest BCUT2D eigenvalue weighted by atomic mass is 10.1. The highest BCUT2D eigenvalue weighted by atomic mass is 16.6. The average Bonchev–Trinajstić information content (AvgIpc) is 2.69.